The average Bonchev–Trinajstić information content (AvgIpc) is 3.57. The molecule has 1 unspecified atom stereocenters. The topological polar surface area (TPSA) is 91.4 Å². The van der Waals surface area contributed by atoms with Crippen LogP contribution in [-0.4, -0.2) is 57.9 Å². The first-order valence-electron chi connectivity index (χ1n) is 15.1. The lowest BCUT2D eigenvalue weighted by Crippen LogP contribution is -2.52. The van der Waals surface area contributed by atoms with Crippen molar-refractivity contribution in [2.24, 2.45) is 5.92 Å². The molecule has 1 fully saturated rings. The van der Waals surface area contributed by atoms with Crippen LogP contribution in [0.2, 0.25) is 0 Å². The SMILES string of the molecule is CCS(=O)(=O)N1CC(COc2cc(C)c(-c3ccc(F)c4c3CC[C@H]4Oc3ccc4c(c3)OCC4CC(=O)OC)c(C)c2)C1. The van der Waals surface area contributed by atoms with Crippen molar-refractivity contribution in [2.45, 2.75) is 52.1 Å². The summed E-state index contributed by atoms with van der Waals surface area (Å²) < 4.78 is 63.9. The van der Waals surface area contributed by atoms with E-state index in [0.717, 1.165) is 39.1 Å². The molecule has 6 rings (SSSR count). The normalized spacial score (nSPS) is 19.6. The van der Waals surface area contributed by atoms with E-state index in [2.05, 4.69) is 0 Å². The van der Waals surface area contributed by atoms with Crippen LogP contribution in [0.4, 0.5) is 4.39 Å². The van der Waals surface area contributed by atoms with Gasteiger partial charge in [0.15, 0.2) is 0 Å². The lowest BCUT2D eigenvalue weighted by molar-refractivity contribution is -0.141. The van der Waals surface area contributed by atoms with Gasteiger partial charge in [0.25, 0.3) is 0 Å². The van der Waals surface area contributed by atoms with Gasteiger partial charge < -0.3 is 18.9 Å². The molecule has 10 heteroatoms. The number of sulfonamides is 1. The number of carbonyl (C=O) groups is 1. The molecular formula is C34H38FNO7S. The van der Waals surface area contributed by atoms with Gasteiger partial charge in [0.2, 0.25) is 10.0 Å². The van der Waals surface area contributed by atoms with E-state index >= 15 is 4.39 Å². The Bertz CT molecular complexity index is 1680. The van der Waals surface area contributed by atoms with Gasteiger partial charge in [-0.2, -0.15) is 0 Å². The molecule has 0 N–H and O–H groups in total. The first kappa shape index (κ1) is 30.4. The highest BCUT2D eigenvalue weighted by molar-refractivity contribution is 7.89. The maximum Gasteiger partial charge on any atom is 0.306 e. The lowest BCUT2D eigenvalue weighted by Gasteiger charge is -2.37. The predicted octanol–water partition coefficient (Wildman–Crippen LogP) is 5.88. The van der Waals surface area contributed by atoms with E-state index in [0.29, 0.717) is 56.2 Å². The fraction of sp³-hybridized carbons (Fsp3) is 0.441. The molecule has 0 bridgehead atoms. The van der Waals surface area contributed by atoms with Crippen molar-refractivity contribution >= 4 is 16.0 Å². The molecule has 1 aliphatic carbocycles. The number of carbonyl (C=O) groups excluding carboxylic acids is 1. The summed E-state index contributed by atoms with van der Waals surface area (Å²) in [6.45, 7) is 7.57. The first-order chi connectivity index (χ1) is 21.1. The van der Waals surface area contributed by atoms with E-state index in [1.807, 2.05) is 50.2 Å². The summed E-state index contributed by atoms with van der Waals surface area (Å²) in [5, 5.41) is 0. The van der Waals surface area contributed by atoms with Crippen molar-refractivity contribution in [3.8, 4) is 28.4 Å². The minimum atomic E-state index is -3.14. The lowest BCUT2D eigenvalue weighted by atomic mass is 9.90. The minimum Gasteiger partial charge on any atom is -0.493 e. The molecule has 234 valence electrons. The van der Waals surface area contributed by atoms with Gasteiger partial charge in [-0.3, -0.25) is 4.79 Å². The van der Waals surface area contributed by atoms with Gasteiger partial charge in [-0.15, -0.1) is 0 Å². The molecule has 2 aliphatic heterocycles. The number of benzene rings is 3. The first-order valence-corrected chi connectivity index (χ1v) is 16.7. The smallest absolute Gasteiger partial charge is 0.306 e. The molecule has 2 atom stereocenters. The standard InChI is InChI=1S/C34H38FNO7S/c1-5-44(38,39)36-16-22(17-36)18-41-25-12-20(2)33(21(3)13-25)27-8-10-29(35)34-28(27)9-11-30(34)43-24-6-7-26-23(14-32(37)40-4)19-42-31(26)15-24/h6-8,10,12-13,15,22-23,30H,5,9,11,14,16-19H2,1-4H3/t23?,30-/m1/s1. The van der Waals surface area contributed by atoms with Crippen LogP contribution in [0.5, 0.6) is 17.2 Å². The zero-order chi connectivity index (χ0) is 31.2. The van der Waals surface area contributed by atoms with Crippen LogP contribution in [0.15, 0.2) is 42.5 Å². The zero-order valence-electron chi connectivity index (χ0n) is 25.5. The van der Waals surface area contributed by atoms with Crippen LogP contribution >= 0.6 is 0 Å². The van der Waals surface area contributed by atoms with E-state index in [4.69, 9.17) is 18.9 Å². The molecular weight excluding hydrogens is 585 g/mol. The van der Waals surface area contributed by atoms with Crippen LogP contribution in [0, 0.1) is 25.6 Å². The Balaban J connectivity index is 1.17. The van der Waals surface area contributed by atoms with Crippen LogP contribution in [-0.2, 0) is 26.0 Å². The Morgan fingerprint density at radius 1 is 1.07 bits per heavy atom. The number of nitrogens with zero attached hydrogens (tertiary/aromatic N) is 1. The van der Waals surface area contributed by atoms with Gasteiger partial charge in [-0.1, -0.05) is 12.1 Å². The summed E-state index contributed by atoms with van der Waals surface area (Å²) >= 11 is 0. The monoisotopic (exact) mass is 623 g/mol. The molecule has 0 radical (unpaired) electrons. The Morgan fingerprint density at radius 2 is 1.82 bits per heavy atom. The fourth-order valence-corrected chi connectivity index (χ4v) is 7.90. The summed E-state index contributed by atoms with van der Waals surface area (Å²) in [7, 11) is -1.77. The number of methoxy groups -OCH3 is 1. The number of hydrogen-bond acceptors (Lipinski definition) is 7. The quantitative estimate of drug-likeness (QED) is 0.261. The molecule has 0 spiro atoms. The van der Waals surface area contributed by atoms with E-state index in [1.165, 1.54) is 17.5 Å². The summed E-state index contributed by atoms with van der Waals surface area (Å²) in [6.07, 6.45) is 1.16. The number of rotatable bonds is 10. The van der Waals surface area contributed by atoms with Gasteiger partial charge in [-0.25, -0.2) is 17.1 Å². The summed E-state index contributed by atoms with van der Waals surface area (Å²) in [5.41, 5.74) is 6.59. The van der Waals surface area contributed by atoms with Crippen LogP contribution in [0.1, 0.15) is 59.6 Å². The zero-order valence-corrected chi connectivity index (χ0v) is 26.3. The molecule has 44 heavy (non-hydrogen) atoms. The van der Waals surface area contributed by atoms with Gasteiger partial charge in [-0.05, 0) is 85.7 Å². The van der Waals surface area contributed by atoms with Crippen molar-refractivity contribution in [3.63, 3.8) is 0 Å². The number of ether oxygens (including phenoxy) is 4. The number of fused-ring (bicyclic) bond motifs is 2. The molecule has 0 amide bonds. The van der Waals surface area contributed by atoms with Crippen molar-refractivity contribution < 1.29 is 36.6 Å². The average molecular weight is 624 g/mol. The second-order valence-corrected chi connectivity index (χ2v) is 14.2. The molecule has 3 aromatic rings. The Morgan fingerprint density at radius 3 is 2.52 bits per heavy atom. The van der Waals surface area contributed by atoms with E-state index < -0.39 is 16.1 Å². The van der Waals surface area contributed by atoms with Gasteiger partial charge in [0, 0.05) is 42.1 Å². The highest BCUT2D eigenvalue weighted by atomic mass is 32.2. The fourth-order valence-electron chi connectivity index (χ4n) is 6.66. The van der Waals surface area contributed by atoms with Gasteiger partial charge in [0.05, 0.1) is 32.5 Å². The Hall–Kier alpha value is -3.63. The summed E-state index contributed by atoms with van der Waals surface area (Å²) in [6, 6.07) is 13.0. The highest BCUT2D eigenvalue weighted by Gasteiger charge is 2.35. The number of halogens is 1. The van der Waals surface area contributed by atoms with Crippen LogP contribution in [0.25, 0.3) is 11.1 Å². The maximum absolute atomic E-state index is 15.4. The number of esters is 1. The number of aryl methyl sites for hydroxylation is 2. The maximum atomic E-state index is 15.4. The van der Waals surface area contributed by atoms with Crippen molar-refractivity contribution in [2.75, 3.05) is 39.2 Å². The Labute approximate surface area is 258 Å². The molecule has 2 heterocycles. The van der Waals surface area contributed by atoms with Crippen LogP contribution in [0.3, 0.4) is 0 Å². The molecule has 3 aromatic carbocycles. The van der Waals surface area contributed by atoms with Crippen molar-refractivity contribution in [1.82, 2.24) is 4.31 Å². The minimum absolute atomic E-state index is 0.0600. The van der Waals surface area contributed by atoms with E-state index in [-0.39, 0.29) is 35.8 Å². The van der Waals surface area contributed by atoms with Crippen molar-refractivity contribution in [1.29, 1.82) is 0 Å². The molecule has 0 saturated carbocycles. The van der Waals surface area contributed by atoms with Crippen LogP contribution < -0.4 is 14.2 Å². The third-order valence-corrected chi connectivity index (χ3v) is 10.8. The van der Waals surface area contributed by atoms with Gasteiger partial charge >= 0.3 is 5.97 Å². The largest absolute Gasteiger partial charge is 0.493 e. The third-order valence-electron chi connectivity index (χ3n) is 9.01. The van der Waals surface area contributed by atoms with Crippen molar-refractivity contribution in [3.05, 3.63) is 76.1 Å². The molecule has 1 saturated heterocycles. The summed E-state index contributed by atoms with van der Waals surface area (Å²) in [4.78, 5) is 11.8. The summed E-state index contributed by atoms with van der Waals surface area (Å²) in [5.74, 6) is 1.69. The Kier molecular flexibility index (Phi) is 8.32. The second kappa shape index (κ2) is 12.0. The molecule has 3 aliphatic rings. The molecule has 8 nitrogen and oxygen atoms in total. The highest BCUT2D eigenvalue weighted by Crippen LogP contribution is 2.45. The van der Waals surface area contributed by atoms with E-state index in [9.17, 15) is 13.2 Å². The molecule has 0 aromatic heterocycles. The predicted molar refractivity (Wildman–Crippen MR) is 164 cm³/mol. The van der Waals surface area contributed by atoms with E-state index in [1.54, 1.807) is 6.92 Å². The third kappa shape index (κ3) is 5.77. The second-order valence-electron chi connectivity index (χ2n) is 11.9. The van der Waals surface area contributed by atoms with Gasteiger partial charge in [0.1, 0.15) is 29.2 Å². The number of hydrogen-bond donors (Lipinski definition) is 0.